The standard InChI is InChI=1S/C23H38O7Si.C18H26O7.C5H11BrSi/c1-26-18(25)14-15-8-9-17-20(27-15)22-21(29-23(30-22)11-6-5-7-12-23)19(28-17)16(24)10-13-31(2,3)4;1-21-14(20)9-11-5-6-12-15(22-11)17-16(13(10-19)23-12)24-18(25-17)7-3-2-4-8-18;1-7(2,3)5-4-6/h10,13,15-17,19-22,24H,5-9,11-12,14H2,1-4H3;10-13,15-17H,2-9H2,1H3;4-5H,1-3H3/b13-10+;;/t15-,16?,17+,19+,20+,21?,22+;11-,12+,13+,15+,16?,17+;/m11./s1. The van der Waals surface area contributed by atoms with Gasteiger partial charge in [0, 0.05) is 25.7 Å². The van der Waals surface area contributed by atoms with Crippen molar-refractivity contribution in [1.82, 2.24) is 0 Å². The minimum Gasteiger partial charge on any atom is -0.469 e. The number of carbonyl (C=O) groups is 3. The molecule has 0 aromatic rings. The SMILES string of the molecule is COC(=O)C[C@H]1CC[C@@H]2O[C@@H](C(O)/C=C/[Si](C)(C)C)C3OC4(CCCCC4)O[C@H]3[C@H]2O1.COC(=O)C[C@H]1CC[C@@H]2O[C@@H](C=O)C3OC4(CCCCC4)O[C@H]3[C@H]2O1.C[Si](C)(C)C=CBr. The van der Waals surface area contributed by atoms with Crippen molar-refractivity contribution in [1.29, 1.82) is 0 Å². The van der Waals surface area contributed by atoms with Gasteiger partial charge in [-0.15, -0.1) is 0 Å². The number of hydrogen-bond donors (Lipinski definition) is 1. The molecule has 6 heterocycles. The minimum atomic E-state index is -1.46. The van der Waals surface area contributed by atoms with E-state index in [1.54, 1.807) is 0 Å². The smallest absolute Gasteiger partial charge is 0.308 e. The normalized spacial score (nSPS) is 37.3. The molecule has 17 heteroatoms. The van der Waals surface area contributed by atoms with Gasteiger partial charge in [0.15, 0.2) is 17.9 Å². The van der Waals surface area contributed by atoms with Crippen LogP contribution in [0.4, 0.5) is 0 Å². The molecular formula is C46H75BrO14Si2. The van der Waals surface area contributed by atoms with Crippen molar-refractivity contribution in [2.75, 3.05) is 14.2 Å². The maximum absolute atomic E-state index is 11.8. The van der Waals surface area contributed by atoms with E-state index >= 15 is 0 Å². The molecule has 0 amide bonds. The Morgan fingerprint density at radius 1 is 0.635 bits per heavy atom. The van der Waals surface area contributed by atoms with Gasteiger partial charge in [0.2, 0.25) is 0 Å². The molecule has 8 aliphatic rings. The summed E-state index contributed by atoms with van der Waals surface area (Å²) in [4.78, 5) is 36.8. The van der Waals surface area contributed by atoms with Crippen LogP contribution in [-0.2, 0) is 61.8 Å². The third kappa shape index (κ3) is 13.4. The third-order valence-electron chi connectivity index (χ3n) is 13.3. The van der Waals surface area contributed by atoms with E-state index in [2.05, 4.69) is 66.6 Å². The van der Waals surface area contributed by atoms with E-state index in [1.165, 1.54) is 27.1 Å². The van der Waals surface area contributed by atoms with E-state index in [0.717, 1.165) is 70.5 Å². The molecule has 0 aromatic carbocycles. The molecule has 358 valence electrons. The van der Waals surface area contributed by atoms with Crippen LogP contribution in [0, 0.1) is 0 Å². The number of esters is 2. The first-order chi connectivity index (χ1) is 29.9. The molecule has 1 N–H and O–H groups in total. The van der Waals surface area contributed by atoms with Crippen molar-refractivity contribution in [3.63, 3.8) is 0 Å². The van der Waals surface area contributed by atoms with Crippen LogP contribution >= 0.6 is 15.9 Å². The van der Waals surface area contributed by atoms with Crippen LogP contribution in [0.25, 0.3) is 0 Å². The molecule has 0 radical (unpaired) electrons. The lowest BCUT2D eigenvalue weighted by Gasteiger charge is -2.47. The molecule has 63 heavy (non-hydrogen) atoms. The first kappa shape index (κ1) is 51.0. The van der Waals surface area contributed by atoms with Crippen LogP contribution in [0.2, 0.25) is 39.3 Å². The fraction of sp³-hybridized carbons (Fsp3) is 0.848. The molecule has 6 aliphatic heterocycles. The van der Waals surface area contributed by atoms with Crippen LogP contribution in [0.3, 0.4) is 0 Å². The van der Waals surface area contributed by atoms with Crippen LogP contribution in [0.15, 0.2) is 22.5 Å². The molecule has 8 rings (SSSR count). The van der Waals surface area contributed by atoms with Crippen LogP contribution in [0.5, 0.6) is 0 Å². The quantitative estimate of drug-likeness (QED) is 0.138. The second kappa shape index (κ2) is 22.2. The Labute approximate surface area is 385 Å². The summed E-state index contributed by atoms with van der Waals surface area (Å²) in [7, 11) is 0.435. The lowest BCUT2D eigenvalue weighted by Crippen LogP contribution is -2.62. The summed E-state index contributed by atoms with van der Waals surface area (Å²) in [6.45, 7) is 13.6. The maximum Gasteiger partial charge on any atom is 0.308 e. The van der Waals surface area contributed by atoms with E-state index in [0.29, 0.717) is 12.8 Å². The average molecular weight is 988 g/mol. The topological polar surface area (TPSA) is 164 Å². The lowest BCUT2D eigenvalue weighted by atomic mass is 9.87. The Bertz CT molecular complexity index is 1570. The number of halogens is 1. The summed E-state index contributed by atoms with van der Waals surface area (Å²) >= 11 is 3.24. The van der Waals surface area contributed by atoms with E-state index < -0.39 is 58.2 Å². The Morgan fingerprint density at radius 3 is 1.51 bits per heavy atom. The maximum atomic E-state index is 11.8. The first-order valence-corrected chi connectivity index (χ1v) is 31.5. The number of fused-ring (bicyclic) bond motifs is 6. The second-order valence-electron chi connectivity index (χ2n) is 20.7. The van der Waals surface area contributed by atoms with Crippen molar-refractivity contribution >= 4 is 50.3 Å². The Hall–Kier alpha value is -1.36. The Balaban J connectivity index is 0.000000185. The Kier molecular flexibility index (Phi) is 18.0. The summed E-state index contributed by atoms with van der Waals surface area (Å²) in [5.74, 6) is -1.76. The number of aliphatic hydroxyl groups is 1. The van der Waals surface area contributed by atoms with Crippen molar-refractivity contribution in [2.45, 2.75) is 233 Å². The average Bonchev–Trinajstić information content (AvgIpc) is 3.81. The number of aliphatic hydroxyl groups excluding tert-OH is 1. The van der Waals surface area contributed by atoms with Crippen LogP contribution in [0.1, 0.15) is 103 Å². The van der Waals surface area contributed by atoms with Crippen molar-refractivity contribution < 1.29 is 66.9 Å². The molecule has 14 nitrogen and oxygen atoms in total. The van der Waals surface area contributed by atoms with Gasteiger partial charge in [0.25, 0.3) is 0 Å². The monoisotopic (exact) mass is 986 g/mol. The van der Waals surface area contributed by atoms with E-state index in [-0.39, 0.29) is 73.6 Å². The molecule has 13 atom stereocenters. The number of ether oxygens (including phenoxy) is 10. The highest BCUT2D eigenvalue weighted by molar-refractivity contribution is 9.11. The molecule has 6 saturated heterocycles. The number of aldehydes is 1. The largest absolute Gasteiger partial charge is 0.469 e. The zero-order chi connectivity index (χ0) is 45.6. The van der Waals surface area contributed by atoms with Gasteiger partial charge in [-0.25, -0.2) is 0 Å². The van der Waals surface area contributed by atoms with E-state index in [4.69, 9.17) is 47.4 Å². The molecule has 3 unspecified atom stereocenters. The number of hydrogen-bond acceptors (Lipinski definition) is 14. The molecular weight excluding hydrogens is 913 g/mol. The molecule has 0 aromatic heterocycles. The van der Waals surface area contributed by atoms with Gasteiger partial charge in [-0.3, -0.25) is 9.59 Å². The molecule has 2 saturated carbocycles. The van der Waals surface area contributed by atoms with Crippen molar-refractivity contribution in [2.24, 2.45) is 0 Å². The molecule has 2 spiro atoms. The summed E-state index contributed by atoms with van der Waals surface area (Å²) in [5, 5.41) is 11.0. The molecule has 0 bridgehead atoms. The van der Waals surface area contributed by atoms with Gasteiger partial charge >= 0.3 is 11.9 Å². The molecule has 2 aliphatic carbocycles. The highest BCUT2D eigenvalue weighted by Crippen LogP contribution is 2.49. The molecule has 8 fully saturated rings. The summed E-state index contributed by atoms with van der Waals surface area (Å²) < 4.78 is 60.2. The van der Waals surface area contributed by atoms with Crippen LogP contribution < -0.4 is 0 Å². The summed E-state index contributed by atoms with van der Waals surface area (Å²) in [6, 6.07) is 0. The van der Waals surface area contributed by atoms with Crippen molar-refractivity contribution in [3.05, 3.63) is 22.5 Å². The summed E-state index contributed by atoms with van der Waals surface area (Å²) in [6.07, 6.45) is 11.4. The van der Waals surface area contributed by atoms with Gasteiger partial charge in [-0.05, 0) is 56.4 Å². The third-order valence-corrected chi connectivity index (χ3v) is 16.4. The van der Waals surface area contributed by atoms with E-state index in [1.807, 2.05) is 11.1 Å². The van der Waals surface area contributed by atoms with Gasteiger partial charge in [-0.2, -0.15) is 0 Å². The summed E-state index contributed by atoms with van der Waals surface area (Å²) in [5.41, 5.74) is 4.39. The first-order valence-electron chi connectivity index (χ1n) is 23.5. The van der Waals surface area contributed by atoms with Gasteiger partial charge in [0.1, 0.15) is 54.9 Å². The second-order valence-corrected chi connectivity index (χ2v) is 31.4. The van der Waals surface area contributed by atoms with Gasteiger partial charge < -0.3 is 57.3 Å². The fourth-order valence-electron chi connectivity index (χ4n) is 10.1. The van der Waals surface area contributed by atoms with Crippen LogP contribution in [-0.4, -0.2) is 145 Å². The zero-order valence-electron chi connectivity index (χ0n) is 38.8. The van der Waals surface area contributed by atoms with Gasteiger partial charge in [0.05, 0.1) is 67.6 Å². The number of carbonyl (C=O) groups excluding carboxylic acids is 3. The fourth-order valence-corrected chi connectivity index (χ4v) is 13.6. The number of methoxy groups -OCH3 is 2. The van der Waals surface area contributed by atoms with E-state index in [9.17, 15) is 19.5 Å². The van der Waals surface area contributed by atoms with Gasteiger partial charge in [-0.1, -0.05) is 85.5 Å². The predicted octanol–water partition coefficient (Wildman–Crippen LogP) is 7.38. The minimum absolute atomic E-state index is 0.183. The Morgan fingerprint density at radius 2 is 1.08 bits per heavy atom. The lowest BCUT2D eigenvalue weighted by molar-refractivity contribution is -0.250. The highest BCUT2D eigenvalue weighted by Gasteiger charge is 2.61. The van der Waals surface area contributed by atoms with Crippen molar-refractivity contribution in [3.8, 4) is 0 Å². The zero-order valence-corrected chi connectivity index (χ0v) is 42.4. The predicted molar refractivity (Wildman–Crippen MR) is 243 cm³/mol. The number of rotatable bonds is 9. The highest BCUT2D eigenvalue weighted by atomic mass is 79.9.